The maximum atomic E-state index is 12.7. The minimum atomic E-state index is -4.70. The highest BCUT2D eigenvalue weighted by atomic mass is 19.4. The molecular formula is C12H14F3NO2. The Morgan fingerprint density at radius 2 is 1.83 bits per heavy atom. The van der Waals surface area contributed by atoms with E-state index >= 15 is 0 Å². The van der Waals surface area contributed by atoms with E-state index < -0.39 is 28.7 Å². The predicted molar refractivity (Wildman–Crippen MR) is 59.3 cm³/mol. The third-order valence-corrected chi connectivity index (χ3v) is 3.60. The molecule has 0 aliphatic heterocycles. The van der Waals surface area contributed by atoms with Crippen molar-refractivity contribution >= 4 is 0 Å². The molecule has 1 aromatic carbocycles. The normalized spacial score (nSPS) is 19.6. The van der Waals surface area contributed by atoms with Gasteiger partial charge in [0, 0.05) is 17.0 Å². The third-order valence-electron chi connectivity index (χ3n) is 3.60. The quantitative estimate of drug-likeness (QED) is 0.716. The Bertz CT molecular complexity index is 479. The van der Waals surface area contributed by atoms with Gasteiger partial charge in [0.1, 0.15) is 17.1 Å². The van der Waals surface area contributed by atoms with Crippen LogP contribution in [0.25, 0.3) is 0 Å². The van der Waals surface area contributed by atoms with Crippen LogP contribution in [0.2, 0.25) is 0 Å². The van der Waals surface area contributed by atoms with E-state index in [0.29, 0.717) is 18.9 Å². The summed E-state index contributed by atoms with van der Waals surface area (Å²) >= 11 is 0. The molecule has 6 heteroatoms. The largest absolute Gasteiger partial charge is 0.508 e. The van der Waals surface area contributed by atoms with Gasteiger partial charge in [-0.05, 0) is 31.9 Å². The zero-order chi connectivity index (χ0) is 13.7. The number of hydrogen-bond donors (Lipinski definition) is 3. The number of alkyl halides is 3. The van der Waals surface area contributed by atoms with Crippen LogP contribution in [0.1, 0.15) is 30.9 Å². The van der Waals surface area contributed by atoms with Crippen molar-refractivity contribution in [2.75, 3.05) is 0 Å². The molecule has 0 amide bonds. The molecule has 1 aromatic rings. The third kappa shape index (κ3) is 1.90. The fourth-order valence-corrected chi connectivity index (χ4v) is 2.32. The van der Waals surface area contributed by atoms with Gasteiger partial charge < -0.3 is 15.9 Å². The minimum Gasteiger partial charge on any atom is -0.508 e. The Hall–Kier alpha value is -1.43. The summed E-state index contributed by atoms with van der Waals surface area (Å²) in [4.78, 5) is 0. The number of benzene rings is 1. The van der Waals surface area contributed by atoms with E-state index in [0.717, 1.165) is 0 Å². The maximum absolute atomic E-state index is 12.7. The number of halogens is 3. The Balaban J connectivity index is 2.60. The van der Waals surface area contributed by atoms with Crippen molar-refractivity contribution in [2.45, 2.75) is 37.4 Å². The molecule has 3 nitrogen and oxygen atoms in total. The molecule has 1 aliphatic rings. The first kappa shape index (κ1) is 13.0. The molecule has 18 heavy (non-hydrogen) atoms. The summed E-state index contributed by atoms with van der Waals surface area (Å²) in [6.45, 7) is 1.68. The Morgan fingerprint density at radius 3 is 2.22 bits per heavy atom. The molecule has 1 atom stereocenters. The molecule has 4 N–H and O–H groups in total. The monoisotopic (exact) mass is 261 g/mol. The van der Waals surface area contributed by atoms with Gasteiger partial charge in [0.15, 0.2) is 0 Å². The van der Waals surface area contributed by atoms with Crippen LogP contribution in [0.3, 0.4) is 0 Å². The molecule has 1 fully saturated rings. The minimum absolute atomic E-state index is 0.0878. The molecule has 0 spiro atoms. The first-order valence-corrected chi connectivity index (χ1v) is 5.58. The maximum Gasteiger partial charge on any atom is 0.420 e. The lowest BCUT2D eigenvalue weighted by Gasteiger charge is -2.23. The smallest absolute Gasteiger partial charge is 0.420 e. The van der Waals surface area contributed by atoms with Crippen molar-refractivity contribution in [2.24, 2.45) is 5.73 Å². The van der Waals surface area contributed by atoms with Crippen molar-refractivity contribution in [1.82, 2.24) is 0 Å². The molecule has 0 heterocycles. The van der Waals surface area contributed by atoms with Crippen LogP contribution in [-0.2, 0) is 11.6 Å². The van der Waals surface area contributed by atoms with Gasteiger partial charge in [-0.3, -0.25) is 0 Å². The number of rotatable bonds is 2. The molecule has 1 aliphatic carbocycles. The summed E-state index contributed by atoms with van der Waals surface area (Å²) in [5, 5.41) is 19.2. The number of phenolic OH excluding ortho intramolecular Hbond substituents is 2. The first-order valence-electron chi connectivity index (χ1n) is 5.58. The van der Waals surface area contributed by atoms with Crippen molar-refractivity contribution in [1.29, 1.82) is 0 Å². The summed E-state index contributed by atoms with van der Waals surface area (Å²) in [6, 6.07) is 1.31. The van der Waals surface area contributed by atoms with Crippen LogP contribution < -0.4 is 5.73 Å². The van der Waals surface area contributed by atoms with Crippen LogP contribution in [0.15, 0.2) is 12.1 Å². The van der Waals surface area contributed by atoms with Crippen molar-refractivity contribution in [3.8, 4) is 11.5 Å². The molecule has 1 unspecified atom stereocenters. The lowest BCUT2D eigenvalue weighted by molar-refractivity contribution is -0.139. The zero-order valence-corrected chi connectivity index (χ0v) is 9.75. The fraction of sp³-hybridized carbons (Fsp3) is 0.500. The molecule has 0 bridgehead atoms. The predicted octanol–water partition coefficient (Wildman–Crippen LogP) is 2.50. The van der Waals surface area contributed by atoms with Crippen LogP contribution in [0.4, 0.5) is 13.2 Å². The first-order chi connectivity index (χ1) is 8.18. The Morgan fingerprint density at radius 1 is 1.28 bits per heavy atom. The second-order valence-corrected chi connectivity index (χ2v) is 4.83. The van der Waals surface area contributed by atoms with E-state index in [1.807, 2.05) is 0 Å². The molecular weight excluding hydrogens is 247 g/mol. The van der Waals surface area contributed by atoms with Gasteiger partial charge in [-0.1, -0.05) is 0 Å². The summed E-state index contributed by atoms with van der Waals surface area (Å²) in [5.74, 6) is -1.34. The zero-order valence-electron chi connectivity index (χ0n) is 9.75. The average molecular weight is 261 g/mol. The fourth-order valence-electron chi connectivity index (χ4n) is 2.32. The number of phenols is 2. The van der Waals surface area contributed by atoms with E-state index in [-0.39, 0.29) is 11.6 Å². The molecule has 2 rings (SSSR count). The second kappa shape index (κ2) is 3.78. The van der Waals surface area contributed by atoms with Crippen LogP contribution in [-0.4, -0.2) is 16.3 Å². The number of hydrogen-bond acceptors (Lipinski definition) is 3. The van der Waals surface area contributed by atoms with Crippen molar-refractivity contribution < 1.29 is 23.4 Å². The van der Waals surface area contributed by atoms with Gasteiger partial charge in [-0.2, -0.15) is 13.2 Å². The lowest BCUT2D eigenvalue weighted by Crippen LogP contribution is -2.31. The SMILES string of the molecule is CC(N)C1(c2cc(O)cc(C(F)(F)F)c2O)CC1. The lowest BCUT2D eigenvalue weighted by atomic mass is 9.87. The molecule has 0 aromatic heterocycles. The molecule has 0 radical (unpaired) electrons. The Kier molecular flexibility index (Phi) is 2.73. The summed E-state index contributed by atoms with van der Waals surface area (Å²) in [5.41, 5.74) is 3.99. The second-order valence-electron chi connectivity index (χ2n) is 4.83. The van der Waals surface area contributed by atoms with Crippen molar-refractivity contribution in [3.63, 3.8) is 0 Å². The molecule has 0 saturated heterocycles. The standard InChI is InChI=1S/C12H14F3NO2/c1-6(16)11(2-3-11)8-4-7(17)5-9(10(8)18)12(13,14)15/h4-6,17-18H,2-3,16H2,1H3. The van der Waals surface area contributed by atoms with Gasteiger partial charge in [0.05, 0.1) is 0 Å². The van der Waals surface area contributed by atoms with E-state index in [9.17, 15) is 23.4 Å². The van der Waals surface area contributed by atoms with Gasteiger partial charge in [-0.15, -0.1) is 0 Å². The van der Waals surface area contributed by atoms with E-state index in [1.165, 1.54) is 6.07 Å². The van der Waals surface area contributed by atoms with Crippen LogP contribution in [0, 0.1) is 0 Å². The Labute approximate surface area is 102 Å². The summed E-state index contributed by atoms with van der Waals surface area (Å²) in [7, 11) is 0. The molecule has 100 valence electrons. The summed E-state index contributed by atoms with van der Waals surface area (Å²) < 4.78 is 38.1. The van der Waals surface area contributed by atoms with E-state index in [2.05, 4.69) is 0 Å². The van der Waals surface area contributed by atoms with Gasteiger partial charge in [0.2, 0.25) is 0 Å². The summed E-state index contributed by atoms with van der Waals surface area (Å²) in [6.07, 6.45) is -3.48. The van der Waals surface area contributed by atoms with E-state index in [1.54, 1.807) is 6.92 Å². The van der Waals surface area contributed by atoms with Crippen LogP contribution >= 0.6 is 0 Å². The van der Waals surface area contributed by atoms with Gasteiger partial charge >= 0.3 is 6.18 Å². The highest BCUT2D eigenvalue weighted by Crippen LogP contribution is 2.55. The van der Waals surface area contributed by atoms with Crippen LogP contribution in [0.5, 0.6) is 11.5 Å². The van der Waals surface area contributed by atoms with Gasteiger partial charge in [0.25, 0.3) is 0 Å². The van der Waals surface area contributed by atoms with Crippen molar-refractivity contribution in [3.05, 3.63) is 23.3 Å². The van der Waals surface area contributed by atoms with E-state index in [4.69, 9.17) is 5.73 Å². The average Bonchev–Trinajstić information content (AvgIpc) is 3.00. The van der Waals surface area contributed by atoms with Gasteiger partial charge in [-0.25, -0.2) is 0 Å². The topological polar surface area (TPSA) is 66.5 Å². The number of nitrogens with two attached hydrogens (primary N) is 1. The highest BCUT2D eigenvalue weighted by Gasteiger charge is 2.50. The molecule has 1 saturated carbocycles. The highest BCUT2D eigenvalue weighted by molar-refractivity contribution is 5.53. The number of aromatic hydroxyl groups is 2.